The molecule has 2 aliphatic rings. The second-order valence-corrected chi connectivity index (χ2v) is 6.29. The molecule has 2 aliphatic carbocycles. The maximum Gasteiger partial charge on any atom is 0.323 e. The third-order valence-electron chi connectivity index (χ3n) is 5.16. The predicted molar refractivity (Wildman–Crippen MR) is 89.9 cm³/mol. The number of hydrogen-bond donors (Lipinski definition) is 0. The van der Waals surface area contributed by atoms with E-state index in [4.69, 9.17) is 9.47 Å². The fourth-order valence-corrected chi connectivity index (χ4v) is 3.99. The van der Waals surface area contributed by atoms with Gasteiger partial charge in [0.2, 0.25) is 0 Å². The SMILES string of the molecule is C=C=C1CC(C(=O)OC)(C(=O)OC)CC12C=CC(=O)c1ccccc12. The minimum absolute atomic E-state index is 0.0860. The van der Waals surface area contributed by atoms with E-state index in [-0.39, 0.29) is 18.6 Å². The van der Waals surface area contributed by atoms with Crippen molar-refractivity contribution in [1.82, 2.24) is 0 Å². The first kappa shape index (κ1) is 16.9. The zero-order valence-electron chi connectivity index (χ0n) is 14.1. The van der Waals surface area contributed by atoms with Gasteiger partial charge in [-0.1, -0.05) is 36.9 Å². The van der Waals surface area contributed by atoms with Gasteiger partial charge >= 0.3 is 11.9 Å². The highest BCUT2D eigenvalue weighted by molar-refractivity contribution is 6.08. The van der Waals surface area contributed by atoms with Gasteiger partial charge in [0.05, 0.1) is 14.2 Å². The topological polar surface area (TPSA) is 69.7 Å². The van der Waals surface area contributed by atoms with E-state index in [1.165, 1.54) is 20.3 Å². The number of ketones is 1. The Balaban J connectivity index is 2.26. The van der Waals surface area contributed by atoms with E-state index in [1.54, 1.807) is 18.2 Å². The summed E-state index contributed by atoms with van der Waals surface area (Å²) in [6.07, 6.45) is 3.41. The summed E-state index contributed by atoms with van der Waals surface area (Å²) >= 11 is 0. The second kappa shape index (κ2) is 5.87. The van der Waals surface area contributed by atoms with E-state index >= 15 is 0 Å². The number of carbonyl (C=O) groups excluding carboxylic acids is 3. The quantitative estimate of drug-likeness (QED) is 0.471. The number of ether oxygens (including phenoxy) is 2. The largest absolute Gasteiger partial charge is 0.468 e. The number of rotatable bonds is 2. The summed E-state index contributed by atoms with van der Waals surface area (Å²) in [5.41, 5.74) is 2.54. The predicted octanol–water partition coefficient (Wildman–Crippen LogP) is 2.51. The molecule has 0 heterocycles. The van der Waals surface area contributed by atoms with Gasteiger partial charge in [-0.2, -0.15) is 0 Å². The summed E-state index contributed by atoms with van der Waals surface area (Å²) in [6, 6.07) is 7.17. The summed E-state index contributed by atoms with van der Waals surface area (Å²) < 4.78 is 9.81. The van der Waals surface area contributed by atoms with Gasteiger partial charge in [0, 0.05) is 17.4 Å². The van der Waals surface area contributed by atoms with Crippen LogP contribution in [0.3, 0.4) is 0 Å². The van der Waals surface area contributed by atoms with Crippen LogP contribution in [0.1, 0.15) is 28.8 Å². The van der Waals surface area contributed by atoms with Crippen molar-refractivity contribution >= 4 is 17.7 Å². The summed E-state index contributed by atoms with van der Waals surface area (Å²) in [6.45, 7) is 3.74. The van der Waals surface area contributed by atoms with Crippen molar-refractivity contribution in [2.24, 2.45) is 5.41 Å². The number of benzene rings is 1. The highest BCUT2D eigenvalue weighted by atomic mass is 16.5. The average molecular weight is 338 g/mol. The van der Waals surface area contributed by atoms with E-state index in [9.17, 15) is 14.4 Å². The molecule has 0 aliphatic heterocycles. The zero-order valence-corrected chi connectivity index (χ0v) is 14.1. The first-order valence-electron chi connectivity index (χ1n) is 7.84. The monoisotopic (exact) mass is 338 g/mol. The van der Waals surface area contributed by atoms with Gasteiger partial charge in [0.15, 0.2) is 11.2 Å². The fourth-order valence-electron chi connectivity index (χ4n) is 3.99. The average Bonchev–Trinajstić information content (AvgIpc) is 3.00. The van der Waals surface area contributed by atoms with Gasteiger partial charge in [0.1, 0.15) is 0 Å². The highest BCUT2D eigenvalue weighted by Crippen LogP contribution is 2.57. The summed E-state index contributed by atoms with van der Waals surface area (Å²) in [5.74, 6) is -1.43. The van der Waals surface area contributed by atoms with Crippen molar-refractivity contribution in [3.05, 3.63) is 65.4 Å². The molecular weight excluding hydrogens is 320 g/mol. The van der Waals surface area contributed by atoms with Crippen LogP contribution >= 0.6 is 0 Å². The lowest BCUT2D eigenvalue weighted by Crippen LogP contribution is -2.41. The van der Waals surface area contributed by atoms with E-state index in [2.05, 4.69) is 12.3 Å². The molecule has 1 atom stereocenters. The summed E-state index contributed by atoms with van der Waals surface area (Å²) in [4.78, 5) is 37.3. The molecule has 25 heavy (non-hydrogen) atoms. The molecule has 1 aromatic carbocycles. The van der Waals surface area contributed by atoms with E-state index in [1.807, 2.05) is 12.1 Å². The smallest absolute Gasteiger partial charge is 0.323 e. The molecule has 1 unspecified atom stereocenters. The molecule has 0 N–H and O–H groups in total. The lowest BCUT2D eigenvalue weighted by atomic mass is 9.69. The van der Waals surface area contributed by atoms with Crippen LogP contribution in [-0.4, -0.2) is 31.9 Å². The molecular formula is C20H18O5. The Morgan fingerprint density at radius 2 is 1.80 bits per heavy atom. The Morgan fingerprint density at radius 1 is 1.16 bits per heavy atom. The number of methoxy groups -OCH3 is 2. The van der Waals surface area contributed by atoms with Crippen molar-refractivity contribution in [2.45, 2.75) is 18.3 Å². The first-order chi connectivity index (χ1) is 11.9. The molecule has 5 heteroatoms. The minimum Gasteiger partial charge on any atom is -0.468 e. The zero-order chi connectivity index (χ0) is 18.2. The van der Waals surface area contributed by atoms with Crippen LogP contribution < -0.4 is 0 Å². The van der Waals surface area contributed by atoms with Crippen LogP contribution in [-0.2, 0) is 24.5 Å². The molecule has 0 saturated heterocycles. The first-order valence-corrected chi connectivity index (χ1v) is 7.84. The normalized spacial score (nSPS) is 23.1. The molecule has 0 amide bonds. The molecule has 0 aromatic heterocycles. The Morgan fingerprint density at radius 3 is 2.40 bits per heavy atom. The molecule has 1 aromatic rings. The van der Waals surface area contributed by atoms with Crippen LogP contribution in [0.5, 0.6) is 0 Å². The fraction of sp³-hybridized carbons (Fsp3) is 0.300. The van der Waals surface area contributed by atoms with Gasteiger partial charge in [-0.15, -0.1) is 5.73 Å². The number of hydrogen-bond acceptors (Lipinski definition) is 5. The standard InChI is InChI=1S/C20H18O5/c1-4-13-11-20(17(22)24-2,18(23)25-3)12-19(13)10-9-16(21)14-7-5-6-8-15(14)19/h5-10H,1,11-12H2,2-3H3. The Bertz CT molecular complexity index is 841. The van der Waals surface area contributed by atoms with E-state index in [0.717, 1.165) is 5.56 Å². The molecule has 1 spiro atoms. The number of fused-ring (bicyclic) bond motifs is 2. The molecule has 1 saturated carbocycles. The molecule has 3 rings (SSSR count). The van der Waals surface area contributed by atoms with E-state index < -0.39 is 22.8 Å². The third kappa shape index (κ3) is 2.20. The Labute approximate surface area is 145 Å². The minimum atomic E-state index is -1.48. The highest BCUT2D eigenvalue weighted by Gasteiger charge is 2.62. The van der Waals surface area contributed by atoms with Gasteiger partial charge in [0.25, 0.3) is 0 Å². The van der Waals surface area contributed by atoms with Crippen molar-refractivity contribution in [1.29, 1.82) is 0 Å². The van der Waals surface area contributed by atoms with Crippen LogP contribution in [0.25, 0.3) is 0 Å². The molecule has 1 fully saturated rings. The van der Waals surface area contributed by atoms with Crippen LogP contribution in [0.2, 0.25) is 0 Å². The van der Waals surface area contributed by atoms with Crippen molar-refractivity contribution in [3.8, 4) is 0 Å². The summed E-state index contributed by atoms with van der Waals surface area (Å²) in [7, 11) is 2.48. The van der Waals surface area contributed by atoms with Crippen LogP contribution in [0.15, 0.2) is 54.3 Å². The van der Waals surface area contributed by atoms with Crippen LogP contribution in [0.4, 0.5) is 0 Å². The molecule has 5 nitrogen and oxygen atoms in total. The van der Waals surface area contributed by atoms with Crippen molar-refractivity contribution in [2.75, 3.05) is 14.2 Å². The van der Waals surface area contributed by atoms with Crippen molar-refractivity contribution in [3.63, 3.8) is 0 Å². The Hall–Kier alpha value is -2.91. The molecule has 0 radical (unpaired) electrons. The maximum absolute atomic E-state index is 12.5. The molecule has 128 valence electrons. The van der Waals surface area contributed by atoms with Gasteiger partial charge in [-0.3, -0.25) is 14.4 Å². The number of carbonyl (C=O) groups is 3. The van der Waals surface area contributed by atoms with Crippen molar-refractivity contribution < 1.29 is 23.9 Å². The molecule has 0 bridgehead atoms. The van der Waals surface area contributed by atoms with Gasteiger partial charge < -0.3 is 9.47 Å². The third-order valence-corrected chi connectivity index (χ3v) is 5.16. The van der Waals surface area contributed by atoms with Gasteiger partial charge in [-0.05, 0) is 23.6 Å². The Kier molecular flexibility index (Phi) is 3.97. The summed E-state index contributed by atoms with van der Waals surface area (Å²) in [5, 5.41) is 0. The van der Waals surface area contributed by atoms with Gasteiger partial charge in [-0.25, -0.2) is 0 Å². The second-order valence-electron chi connectivity index (χ2n) is 6.29. The number of esters is 2. The lowest BCUT2D eigenvalue weighted by Gasteiger charge is -2.33. The van der Waals surface area contributed by atoms with Crippen LogP contribution in [0, 0.1) is 5.41 Å². The maximum atomic E-state index is 12.5. The number of allylic oxidation sites excluding steroid dienone is 3. The lowest BCUT2D eigenvalue weighted by molar-refractivity contribution is -0.168. The van der Waals surface area contributed by atoms with E-state index in [0.29, 0.717) is 11.1 Å².